The summed E-state index contributed by atoms with van der Waals surface area (Å²) in [7, 11) is 0. The highest BCUT2D eigenvalue weighted by molar-refractivity contribution is 6.99. The fourth-order valence-electron chi connectivity index (χ4n) is 1.49. The smallest absolute Gasteiger partial charge is 0.124 e. The maximum absolute atomic E-state index is 10.1. The summed E-state index contributed by atoms with van der Waals surface area (Å²) < 4.78 is 13.5. The number of hydrogen-bond acceptors (Lipinski definition) is 5. The van der Waals surface area contributed by atoms with Gasteiger partial charge in [-0.25, -0.2) is 0 Å². The molecular formula is C12H14N2O2S. The molecule has 1 atom stereocenters. The van der Waals surface area contributed by atoms with Crippen molar-refractivity contribution in [2.45, 2.75) is 26.1 Å². The molecular weight excluding hydrogens is 236 g/mol. The van der Waals surface area contributed by atoms with Crippen LogP contribution < -0.4 is 4.74 Å². The van der Waals surface area contributed by atoms with Gasteiger partial charge in [-0.1, -0.05) is 12.1 Å². The molecule has 2 rings (SSSR count). The molecule has 5 heteroatoms. The molecule has 0 amide bonds. The van der Waals surface area contributed by atoms with Crippen molar-refractivity contribution < 1.29 is 9.84 Å². The van der Waals surface area contributed by atoms with Crippen molar-refractivity contribution in [2.75, 3.05) is 0 Å². The summed E-state index contributed by atoms with van der Waals surface area (Å²) in [5.74, 6) is 0.750. The molecule has 2 aromatic rings. The number of ether oxygens (including phenoxy) is 1. The van der Waals surface area contributed by atoms with Crippen LogP contribution in [-0.2, 0) is 0 Å². The molecule has 0 saturated carbocycles. The number of hydrogen-bond donors (Lipinski definition) is 1. The van der Waals surface area contributed by atoms with E-state index in [1.54, 1.807) is 6.20 Å². The normalized spacial score (nSPS) is 12.7. The largest absolute Gasteiger partial charge is 0.491 e. The number of benzene rings is 1. The van der Waals surface area contributed by atoms with Gasteiger partial charge in [-0.2, -0.15) is 8.75 Å². The third kappa shape index (κ3) is 3.01. The molecule has 0 aliphatic carbocycles. The Hall–Kier alpha value is -1.46. The number of rotatable bonds is 4. The Kier molecular flexibility index (Phi) is 3.71. The van der Waals surface area contributed by atoms with E-state index in [1.165, 1.54) is 0 Å². The maximum atomic E-state index is 10.1. The van der Waals surface area contributed by atoms with E-state index in [1.807, 2.05) is 38.1 Å². The van der Waals surface area contributed by atoms with Gasteiger partial charge in [-0.05, 0) is 31.5 Å². The SMILES string of the molecule is CC(C)Oc1cccc(C(O)c2cnsn2)c1. The molecule has 1 heterocycles. The van der Waals surface area contributed by atoms with Gasteiger partial charge in [-0.15, -0.1) is 0 Å². The summed E-state index contributed by atoms with van der Waals surface area (Å²) in [6.45, 7) is 3.93. The Labute approximate surface area is 104 Å². The van der Waals surface area contributed by atoms with Crippen LogP contribution in [0.1, 0.15) is 31.2 Å². The monoisotopic (exact) mass is 250 g/mol. The minimum atomic E-state index is -0.746. The lowest BCUT2D eigenvalue weighted by Gasteiger charge is -2.12. The molecule has 1 unspecified atom stereocenters. The van der Waals surface area contributed by atoms with Gasteiger partial charge in [0, 0.05) is 0 Å². The van der Waals surface area contributed by atoms with Crippen molar-refractivity contribution in [3.63, 3.8) is 0 Å². The predicted octanol–water partition coefficient (Wildman–Crippen LogP) is 2.41. The number of aliphatic hydroxyl groups is 1. The quantitative estimate of drug-likeness (QED) is 0.905. The lowest BCUT2D eigenvalue weighted by atomic mass is 10.1. The van der Waals surface area contributed by atoms with Gasteiger partial charge in [0.15, 0.2) is 0 Å². The molecule has 0 aliphatic heterocycles. The highest BCUT2D eigenvalue weighted by Crippen LogP contribution is 2.24. The van der Waals surface area contributed by atoms with E-state index >= 15 is 0 Å². The highest BCUT2D eigenvalue weighted by Gasteiger charge is 2.13. The molecule has 0 saturated heterocycles. The van der Waals surface area contributed by atoms with Crippen molar-refractivity contribution in [1.29, 1.82) is 0 Å². The van der Waals surface area contributed by atoms with Crippen molar-refractivity contribution >= 4 is 11.7 Å². The van der Waals surface area contributed by atoms with E-state index in [0.29, 0.717) is 5.69 Å². The molecule has 1 aromatic heterocycles. The molecule has 0 aliphatic rings. The molecule has 0 fully saturated rings. The van der Waals surface area contributed by atoms with Crippen molar-refractivity contribution in [3.8, 4) is 5.75 Å². The topological polar surface area (TPSA) is 55.2 Å². The summed E-state index contributed by atoms with van der Waals surface area (Å²) >= 11 is 1.09. The van der Waals surface area contributed by atoms with Crippen LogP contribution >= 0.6 is 11.7 Å². The van der Waals surface area contributed by atoms with Gasteiger partial charge in [-0.3, -0.25) is 0 Å². The Bertz CT molecular complexity index is 471. The molecule has 0 spiro atoms. The zero-order valence-corrected chi connectivity index (χ0v) is 10.5. The fraction of sp³-hybridized carbons (Fsp3) is 0.333. The number of aromatic nitrogens is 2. The van der Waals surface area contributed by atoms with Crippen LogP contribution in [-0.4, -0.2) is 20.0 Å². The summed E-state index contributed by atoms with van der Waals surface area (Å²) in [6.07, 6.45) is 0.943. The molecule has 1 N–H and O–H groups in total. The first-order valence-electron chi connectivity index (χ1n) is 5.39. The average Bonchev–Trinajstić information content (AvgIpc) is 2.81. The lowest BCUT2D eigenvalue weighted by Crippen LogP contribution is -2.06. The Morgan fingerprint density at radius 2 is 2.18 bits per heavy atom. The Balaban J connectivity index is 2.21. The minimum Gasteiger partial charge on any atom is -0.491 e. The van der Waals surface area contributed by atoms with Gasteiger partial charge < -0.3 is 9.84 Å². The van der Waals surface area contributed by atoms with E-state index in [2.05, 4.69) is 8.75 Å². The second kappa shape index (κ2) is 5.25. The summed E-state index contributed by atoms with van der Waals surface area (Å²) in [6, 6.07) is 7.40. The van der Waals surface area contributed by atoms with Gasteiger partial charge in [0.2, 0.25) is 0 Å². The first-order chi connectivity index (χ1) is 8.16. The number of aliphatic hydroxyl groups excluding tert-OH is 1. The Morgan fingerprint density at radius 1 is 1.35 bits per heavy atom. The van der Waals surface area contributed by atoms with Gasteiger partial charge in [0.25, 0.3) is 0 Å². The minimum absolute atomic E-state index is 0.114. The van der Waals surface area contributed by atoms with E-state index in [0.717, 1.165) is 23.0 Å². The standard InChI is InChI=1S/C12H14N2O2S/c1-8(2)16-10-5-3-4-9(6-10)12(15)11-7-13-17-14-11/h3-8,12,15H,1-2H3. The summed E-state index contributed by atoms with van der Waals surface area (Å²) in [4.78, 5) is 0. The first-order valence-corrected chi connectivity index (χ1v) is 6.12. The lowest BCUT2D eigenvalue weighted by molar-refractivity contribution is 0.213. The van der Waals surface area contributed by atoms with Crippen LogP contribution in [0.15, 0.2) is 30.5 Å². The highest BCUT2D eigenvalue weighted by atomic mass is 32.1. The van der Waals surface area contributed by atoms with E-state index in [4.69, 9.17) is 4.74 Å². The van der Waals surface area contributed by atoms with Crippen molar-refractivity contribution in [3.05, 3.63) is 41.7 Å². The van der Waals surface area contributed by atoms with E-state index < -0.39 is 6.10 Å². The van der Waals surface area contributed by atoms with Gasteiger partial charge in [0.1, 0.15) is 17.5 Å². The molecule has 17 heavy (non-hydrogen) atoms. The molecule has 0 radical (unpaired) electrons. The average molecular weight is 250 g/mol. The number of nitrogens with zero attached hydrogens (tertiary/aromatic N) is 2. The zero-order valence-electron chi connectivity index (χ0n) is 9.70. The van der Waals surface area contributed by atoms with Gasteiger partial charge in [0.05, 0.1) is 24.0 Å². The van der Waals surface area contributed by atoms with Gasteiger partial charge >= 0.3 is 0 Å². The Morgan fingerprint density at radius 3 is 2.82 bits per heavy atom. The van der Waals surface area contributed by atoms with Crippen LogP contribution in [0.3, 0.4) is 0 Å². The predicted molar refractivity (Wildman–Crippen MR) is 66.2 cm³/mol. The van der Waals surface area contributed by atoms with Crippen LogP contribution in [0.4, 0.5) is 0 Å². The maximum Gasteiger partial charge on any atom is 0.124 e. The third-order valence-corrected chi connectivity index (χ3v) is 2.70. The van der Waals surface area contributed by atoms with Crippen molar-refractivity contribution in [1.82, 2.24) is 8.75 Å². The molecule has 1 aromatic carbocycles. The van der Waals surface area contributed by atoms with Crippen LogP contribution in [0, 0.1) is 0 Å². The van der Waals surface area contributed by atoms with Crippen molar-refractivity contribution in [2.24, 2.45) is 0 Å². The summed E-state index contributed by atoms with van der Waals surface area (Å²) in [5.41, 5.74) is 1.33. The summed E-state index contributed by atoms with van der Waals surface area (Å²) in [5, 5.41) is 10.1. The van der Waals surface area contributed by atoms with E-state index in [-0.39, 0.29) is 6.10 Å². The van der Waals surface area contributed by atoms with E-state index in [9.17, 15) is 5.11 Å². The van der Waals surface area contributed by atoms with Crippen LogP contribution in [0.25, 0.3) is 0 Å². The zero-order chi connectivity index (χ0) is 12.3. The molecule has 0 bridgehead atoms. The molecule has 4 nitrogen and oxygen atoms in total. The van der Waals surface area contributed by atoms with Crippen LogP contribution in [0.2, 0.25) is 0 Å². The van der Waals surface area contributed by atoms with Crippen LogP contribution in [0.5, 0.6) is 5.75 Å². The second-order valence-electron chi connectivity index (χ2n) is 3.97. The second-order valence-corrected chi connectivity index (χ2v) is 4.53. The first kappa shape index (κ1) is 12.0. The fourth-order valence-corrected chi connectivity index (χ4v) is 1.94. The molecule has 90 valence electrons. The third-order valence-electron chi connectivity index (χ3n) is 2.20.